The van der Waals surface area contributed by atoms with Crippen LogP contribution >= 0.6 is 11.8 Å². The number of aromatic nitrogens is 2. The van der Waals surface area contributed by atoms with Crippen molar-refractivity contribution in [1.29, 1.82) is 0 Å². The molecule has 1 aromatic heterocycles. The third-order valence-electron chi connectivity index (χ3n) is 2.82. The monoisotopic (exact) mass is 294 g/mol. The second-order valence-electron chi connectivity index (χ2n) is 4.58. The van der Waals surface area contributed by atoms with Gasteiger partial charge in [0.15, 0.2) is 5.82 Å². The topological polar surface area (TPSA) is 75.2 Å². The molecule has 6 nitrogen and oxygen atoms in total. The quantitative estimate of drug-likeness (QED) is 0.897. The first-order valence-corrected chi connectivity index (χ1v) is 7.64. The van der Waals surface area contributed by atoms with Gasteiger partial charge in [0, 0.05) is 30.5 Å². The van der Waals surface area contributed by atoms with E-state index in [9.17, 15) is 9.59 Å². The van der Waals surface area contributed by atoms with E-state index in [1.165, 1.54) is 16.7 Å². The summed E-state index contributed by atoms with van der Waals surface area (Å²) >= 11 is 1.17. The van der Waals surface area contributed by atoms with Gasteiger partial charge in [-0.05, 0) is 13.3 Å². The number of anilines is 1. The van der Waals surface area contributed by atoms with Gasteiger partial charge in [-0.3, -0.25) is 14.5 Å². The summed E-state index contributed by atoms with van der Waals surface area (Å²) in [5.41, 5.74) is 0.818. The lowest BCUT2D eigenvalue weighted by atomic mass is 10.3. The van der Waals surface area contributed by atoms with Gasteiger partial charge in [0.05, 0.1) is 6.54 Å². The fourth-order valence-corrected chi connectivity index (χ4v) is 2.65. The number of carbonyl (C=O) groups excluding carboxylic acids is 2. The Labute approximate surface area is 122 Å². The number of hydrogen-bond donors (Lipinski definition) is 1. The van der Waals surface area contributed by atoms with Crippen molar-refractivity contribution in [3.8, 4) is 0 Å². The van der Waals surface area contributed by atoms with E-state index in [4.69, 9.17) is 0 Å². The fraction of sp³-hybridized carbons (Fsp3) is 0.538. The standard InChI is InChI=1S/C13H18N4O2S/c1-3-5-14-10-7-9(2)15-11(16-10)8-17-12(18)4-6-20-13(17)19/h7H,3-6,8H2,1-2H3,(H,14,15,16). The van der Waals surface area contributed by atoms with Crippen molar-refractivity contribution in [1.82, 2.24) is 14.9 Å². The van der Waals surface area contributed by atoms with E-state index in [-0.39, 0.29) is 17.7 Å². The van der Waals surface area contributed by atoms with Crippen LogP contribution in [0.2, 0.25) is 0 Å². The minimum Gasteiger partial charge on any atom is -0.370 e. The zero-order chi connectivity index (χ0) is 14.5. The minimum atomic E-state index is -0.213. The molecule has 0 unspecified atom stereocenters. The first kappa shape index (κ1) is 14.8. The normalized spacial score (nSPS) is 15.6. The Kier molecular flexibility index (Phi) is 4.94. The van der Waals surface area contributed by atoms with Gasteiger partial charge in [-0.25, -0.2) is 9.97 Å². The highest BCUT2D eigenvalue weighted by Crippen LogP contribution is 2.20. The predicted molar refractivity (Wildman–Crippen MR) is 78.6 cm³/mol. The predicted octanol–water partition coefficient (Wildman–Crippen LogP) is 2.19. The molecule has 2 rings (SSSR count). The van der Waals surface area contributed by atoms with Crippen molar-refractivity contribution in [2.75, 3.05) is 17.6 Å². The molecule has 2 heterocycles. The Morgan fingerprint density at radius 2 is 2.20 bits per heavy atom. The summed E-state index contributed by atoms with van der Waals surface area (Å²) in [6.07, 6.45) is 1.39. The highest BCUT2D eigenvalue weighted by molar-refractivity contribution is 8.13. The SMILES string of the molecule is CCCNc1cc(C)nc(CN2C(=O)CCSC2=O)n1. The maximum Gasteiger partial charge on any atom is 0.288 e. The molecule has 2 amide bonds. The van der Waals surface area contributed by atoms with Crippen LogP contribution in [0.5, 0.6) is 0 Å². The summed E-state index contributed by atoms with van der Waals surface area (Å²) < 4.78 is 0. The summed E-state index contributed by atoms with van der Waals surface area (Å²) in [4.78, 5) is 33.4. The van der Waals surface area contributed by atoms with E-state index < -0.39 is 0 Å². The van der Waals surface area contributed by atoms with Crippen LogP contribution in [0.25, 0.3) is 0 Å². The van der Waals surface area contributed by atoms with Gasteiger partial charge in [0.25, 0.3) is 5.24 Å². The van der Waals surface area contributed by atoms with Gasteiger partial charge in [-0.2, -0.15) is 0 Å². The van der Waals surface area contributed by atoms with Crippen molar-refractivity contribution >= 4 is 28.7 Å². The number of thioether (sulfide) groups is 1. The molecule has 1 aliphatic rings. The van der Waals surface area contributed by atoms with Crippen LogP contribution in [-0.4, -0.2) is 38.3 Å². The Hall–Kier alpha value is -1.63. The lowest BCUT2D eigenvalue weighted by molar-refractivity contribution is -0.128. The van der Waals surface area contributed by atoms with E-state index in [0.29, 0.717) is 18.0 Å². The molecule has 20 heavy (non-hydrogen) atoms. The van der Waals surface area contributed by atoms with Crippen molar-refractivity contribution in [3.63, 3.8) is 0 Å². The van der Waals surface area contributed by atoms with Gasteiger partial charge in [-0.1, -0.05) is 18.7 Å². The lowest BCUT2D eigenvalue weighted by Crippen LogP contribution is -2.38. The number of nitrogens with one attached hydrogen (secondary N) is 1. The summed E-state index contributed by atoms with van der Waals surface area (Å²) in [6.45, 7) is 4.92. The number of hydrogen-bond acceptors (Lipinski definition) is 6. The summed E-state index contributed by atoms with van der Waals surface area (Å²) in [7, 11) is 0. The highest BCUT2D eigenvalue weighted by atomic mass is 32.2. The van der Waals surface area contributed by atoms with Gasteiger partial charge in [0.1, 0.15) is 5.82 Å². The van der Waals surface area contributed by atoms with Crippen LogP contribution in [0.3, 0.4) is 0 Å². The van der Waals surface area contributed by atoms with E-state index in [1.54, 1.807) is 0 Å². The molecule has 0 aromatic carbocycles. The van der Waals surface area contributed by atoms with Crippen LogP contribution in [0.1, 0.15) is 31.3 Å². The number of aryl methyl sites for hydroxylation is 1. The van der Waals surface area contributed by atoms with Crippen molar-refractivity contribution in [3.05, 3.63) is 17.6 Å². The van der Waals surface area contributed by atoms with Gasteiger partial charge >= 0.3 is 0 Å². The number of imide groups is 1. The lowest BCUT2D eigenvalue weighted by Gasteiger charge is -2.23. The molecule has 0 atom stereocenters. The Morgan fingerprint density at radius 3 is 2.90 bits per heavy atom. The zero-order valence-electron chi connectivity index (χ0n) is 11.7. The van der Waals surface area contributed by atoms with Gasteiger partial charge in [-0.15, -0.1) is 0 Å². The van der Waals surface area contributed by atoms with Crippen molar-refractivity contribution in [2.24, 2.45) is 0 Å². The van der Waals surface area contributed by atoms with Crippen LogP contribution in [0.15, 0.2) is 6.07 Å². The molecule has 1 saturated heterocycles. The maximum atomic E-state index is 11.8. The third kappa shape index (κ3) is 3.69. The van der Waals surface area contributed by atoms with Crippen LogP contribution in [-0.2, 0) is 11.3 Å². The zero-order valence-corrected chi connectivity index (χ0v) is 12.5. The molecule has 0 aliphatic carbocycles. The average Bonchev–Trinajstić information content (AvgIpc) is 2.40. The van der Waals surface area contributed by atoms with Crippen molar-refractivity contribution in [2.45, 2.75) is 33.2 Å². The Morgan fingerprint density at radius 1 is 1.40 bits per heavy atom. The van der Waals surface area contributed by atoms with E-state index in [2.05, 4.69) is 22.2 Å². The highest BCUT2D eigenvalue weighted by Gasteiger charge is 2.27. The fourth-order valence-electron chi connectivity index (χ4n) is 1.88. The molecule has 1 fully saturated rings. The minimum absolute atomic E-state index is 0.146. The number of nitrogens with zero attached hydrogens (tertiary/aromatic N) is 3. The molecule has 1 N–H and O–H groups in total. The largest absolute Gasteiger partial charge is 0.370 e. The molecule has 1 aliphatic heterocycles. The van der Waals surface area contributed by atoms with Crippen LogP contribution < -0.4 is 5.32 Å². The number of rotatable bonds is 5. The Bertz CT molecular complexity index is 505. The van der Waals surface area contributed by atoms with Crippen molar-refractivity contribution < 1.29 is 9.59 Å². The molecule has 108 valence electrons. The average molecular weight is 294 g/mol. The van der Waals surface area contributed by atoms with E-state index in [1.807, 2.05) is 13.0 Å². The summed E-state index contributed by atoms with van der Waals surface area (Å²) in [5.74, 6) is 1.64. The molecule has 7 heteroatoms. The molecule has 0 bridgehead atoms. The van der Waals surface area contributed by atoms with Gasteiger partial charge in [0.2, 0.25) is 5.91 Å². The third-order valence-corrected chi connectivity index (χ3v) is 3.69. The molecular weight excluding hydrogens is 276 g/mol. The molecule has 0 radical (unpaired) electrons. The number of amides is 2. The Balaban J connectivity index is 2.13. The molecule has 0 saturated carbocycles. The van der Waals surface area contributed by atoms with Crippen LogP contribution in [0.4, 0.5) is 10.6 Å². The van der Waals surface area contributed by atoms with Crippen LogP contribution in [0, 0.1) is 6.92 Å². The second kappa shape index (κ2) is 6.69. The van der Waals surface area contributed by atoms with Gasteiger partial charge < -0.3 is 5.32 Å². The van der Waals surface area contributed by atoms with E-state index >= 15 is 0 Å². The first-order chi connectivity index (χ1) is 9.60. The molecular formula is C13H18N4O2S. The smallest absolute Gasteiger partial charge is 0.288 e. The second-order valence-corrected chi connectivity index (χ2v) is 5.63. The maximum absolute atomic E-state index is 11.8. The molecule has 1 aromatic rings. The molecule has 0 spiro atoms. The first-order valence-electron chi connectivity index (χ1n) is 6.65. The van der Waals surface area contributed by atoms with E-state index in [0.717, 1.165) is 24.5 Å². The number of carbonyl (C=O) groups is 2. The summed E-state index contributed by atoms with van der Waals surface area (Å²) in [5, 5.41) is 2.98. The summed E-state index contributed by atoms with van der Waals surface area (Å²) in [6, 6.07) is 1.85.